The molecule has 8 heteroatoms. The van der Waals surface area contributed by atoms with Crippen molar-refractivity contribution in [2.24, 2.45) is 5.92 Å². The fourth-order valence-corrected chi connectivity index (χ4v) is 3.86. The summed E-state index contributed by atoms with van der Waals surface area (Å²) in [5.41, 5.74) is 5.36. The Morgan fingerprint density at radius 2 is 1.88 bits per heavy atom. The van der Waals surface area contributed by atoms with Crippen LogP contribution >= 0.6 is 0 Å². The number of aromatic nitrogens is 2. The van der Waals surface area contributed by atoms with E-state index in [9.17, 15) is 9.59 Å². The zero-order valence-corrected chi connectivity index (χ0v) is 15.8. The summed E-state index contributed by atoms with van der Waals surface area (Å²) in [5.74, 6) is 1.47. The van der Waals surface area contributed by atoms with Crippen molar-refractivity contribution < 1.29 is 4.79 Å². The Bertz CT molecular complexity index is 673. The van der Waals surface area contributed by atoms with Crippen LogP contribution in [0.4, 0.5) is 11.8 Å². The molecule has 26 heavy (non-hydrogen) atoms. The summed E-state index contributed by atoms with van der Waals surface area (Å²) in [6.45, 7) is 9.33. The summed E-state index contributed by atoms with van der Waals surface area (Å²) < 4.78 is 0. The van der Waals surface area contributed by atoms with E-state index < -0.39 is 0 Å². The van der Waals surface area contributed by atoms with E-state index in [1.54, 1.807) is 0 Å². The van der Waals surface area contributed by atoms with Gasteiger partial charge in [-0.25, -0.2) is 0 Å². The fraction of sp³-hybridized carbons (Fsp3) is 0.722. The van der Waals surface area contributed by atoms with E-state index in [4.69, 9.17) is 5.73 Å². The number of piperidine rings is 1. The van der Waals surface area contributed by atoms with E-state index in [2.05, 4.69) is 28.7 Å². The summed E-state index contributed by atoms with van der Waals surface area (Å²) in [5, 5.41) is 0. The molecular weight excluding hydrogens is 332 g/mol. The van der Waals surface area contributed by atoms with Crippen LogP contribution in [0.15, 0.2) is 10.9 Å². The second-order valence-electron chi connectivity index (χ2n) is 7.63. The average molecular weight is 362 g/mol. The van der Waals surface area contributed by atoms with Gasteiger partial charge in [-0.2, -0.15) is 4.98 Å². The van der Waals surface area contributed by atoms with Gasteiger partial charge in [0.05, 0.1) is 0 Å². The predicted molar refractivity (Wildman–Crippen MR) is 102 cm³/mol. The number of amides is 1. The van der Waals surface area contributed by atoms with Crippen LogP contribution in [0.2, 0.25) is 0 Å². The Labute approximate surface area is 154 Å². The lowest BCUT2D eigenvalue weighted by Gasteiger charge is -2.37. The molecule has 8 nitrogen and oxygen atoms in total. The number of likely N-dealkylation sites (tertiary alicyclic amines) is 1. The molecule has 0 radical (unpaired) electrons. The van der Waals surface area contributed by atoms with Crippen LogP contribution in [0, 0.1) is 5.92 Å². The van der Waals surface area contributed by atoms with Crippen LogP contribution in [-0.2, 0) is 4.79 Å². The minimum Gasteiger partial charge on any atom is -0.369 e. The average Bonchev–Trinajstić information content (AvgIpc) is 2.61. The van der Waals surface area contributed by atoms with E-state index in [-0.39, 0.29) is 17.4 Å². The molecule has 3 heterocycles. The highest BCUT2D eigenvalue weighted by atomic mass is 16.2. The largest absolute Gasteiger partial charge is 0.369 e. The smallest absolute Gasteiger partial charge is 0.254 e. The zero-order valence-electron chi connectivity index (χ0n) is 15.8. The molecular formula is C18H30N6O2. The first-order valence-corrected chi connectivity index (χ1v) is 9.56. The standard InChI is InChI=1S/C18H30N6O2/c1-13(2)22-5-3-14(4-6-22)11-17(26)24-9-7-23(8-10-24)15-12-16(25)21-18(19)20-15/h12-14H,3-11H2,1-2H3,(H3,19,20,21,25). The number of H-pyrrole nitrogens is 1. The first-order valence-electron chi connectivity index (χ1n) is 9.56. The van der Waals surface area contributed by atoms with Crippen LogP contribution in [0.25, 0.3) is 0 Å². The Morgan fingerprint density at radius 3 is 2.46 bits per heavy atom. The molecule has 2 fully saturated rings. The summed E-state index contributed by atoms with van der Waals surface area (Å²) in [7, 11) is 0. The lowest BCUT2D eigenvalue weighted by molar-refractivity contribution is -0.132. The van der Waals surface area contributed by atoms with E-state index in [0.717, 1.165) is 25.9 Å². The van der Waals surface area contributed by atoms with Gasteiger partial charge >= 0.3 is 0 Å². The van der Waals surface area contributed by atoms with Crippen molar-refractivity contribution in [1.82, 2.24) is 19.8 Å². The highest BCUT2D eigenvalue weighted by Crippen LogP contribution is 2.23. The van der Waals surface area contributed by atoms with Crippen molar-refractivity contribution in [3.8, 4) is 0 Å². The molecule has 0 aromatic carbocycles. The predicted octanol–water partition coefficient (Wildman–Crippen LogP) is 0.511. The van der Waals surface area contributed by atoms with Crippen molar-refractivity contribution in [1.29, 1.82) is 0 Å². The van der Waals surface area contributed by atoms with Gasteiger partial charge in [-0.3, -0.25) is 14.6 Å². The zero-order chi connectivity index (χ0) is 18.7. The number of nitrogens with one attached hydrogen (secondary N) is 1. The minimum atomic E-state index is -0.251. The maximum absolute atomic E-state index is 12.6. The molecule has 1 amide bonds. The maximum Gasteiger partial charge on any atom is 0.254 e. The Morgan fingerprint density at radius 1 is 1.23 bits per heavy atom. The number of hydrogen-bond acceptors (Lipinski definition) is 6. The lowest BCUT2D eigenvalue weighted by Crippen LogP contribution is -2.50. The van der Waals surface area contributed by atoms with Crippen molar-refractivity contribution in [2.45, 2.75) is 39.2 Å². The first kappa shape index (κ1) is 18.7. The molecule has 0 aliphatic carbocycles. The van der Waals surface area contributed by atoms with Crippen LogP contribution < -0.4 is 16.2 Å². The summed E-state index contributed by atoms with van der Waals surface area (Å²) in [6.07, 6.45) is 2.88. The molecule has 2 aliphatic heterocycles. The molecule has 1 aromatic rings. The molecule has 0 unspecified atom stereocenters. The number of nitrogen functional groups attached to an aromatic ring is 1. The summed E-state index contributed by atoms with van der Waals surface area (Å²) >= 11 is 0. The normalized spacial score (nSPS) is 20.0. The minimum absolute atomic E-state index is 0.124. The van der Waals surface area contributed by atoms with Gasteiger partial charge in [0.1, 0.15) is 5.82 Å². The van der Waals surface area contributed by atoms with Gasteiger partial charge in [-0.05, 0) is 45.7 Å². The van der Waals surface area contributed by atoms with E-state index in [1.165, 1.54) is 6.07 Å². The number of carbonyl (C=O) groups is 1. The first-order chi connectivity index (χ1) is 12.4. The number of rotatable bonds is 4. The van der Waals surface area contributed by atoms with Gasteiger partial charge in [-0.15, -0.1) is 0 Å². The van der Waals surface area contributed by atoms with Gasteiger partial charge in [0.2, 0.25) is 11.9 Å². The second kappa shape index (κ2) is 8.07. The molecule has 144 valence electrons. The summed E-state index contributed by atoms with van der Waals surface area (Å²) in [4.78, 5) is 37.3. The van der Waals surface area contributed by atoms with Gasteiger partial charge < -0.3 is 20.4 Å². The molecule has 0 spiro atoms. The second-order valence-corrected chi connectivity index (χ2v) is 7.63. The molecule has 0 atom stereocenters. The number of carbonyl (C=O) groups excluding carboxylic acids is 1. The molecule has 0 saturated carbocycles. The Kier molecular flexibility index (Phi) is 5.80. The quantitative estimate of drug-likeness (QED) is 0.810. The van der Waals surface area contributed by atoms with Crippen LogP contribution in [-0.4, -0.2) is 71.0 Å². The van der Waals surface area contributed by atoms with Crippen molar-refractivity contribution in [3.05, 3.63) is 16.4 Å². The van der Waals surface area contributed by atoms with Crippen LogP contribution in [0.1, 0.15) is 33.1 Å². The third kappa shape index (κ3) is 4.55. The lowest BCUT2D eigenvalue weighted by atomic mass is 9.92. The fourth-order valence-electron chi connectivity index (χ4n) is 3.86. The van der Waals surface area contributed by atoms with Gasteiger partial charge in [0, 0.05) is 44.7 Å². The van der Waals surface area contributed by atoms with Crippen molar-refractivity contribution >= 4 is 17.7 Å². The Hall–Kier alpha value is -2.09. The van der Waals surface area contributed by atoms with Crippen molar-refractivity contribution in [3.63, 3.8) is 0 Å². The number of hydrogen-bond donors (Lipinski definition) is 2. The third-order valence-corrected chi connectivity index (χ3v) is 5.55. The topological polar surface area (TPSA) is 98.6 Å². The van der Waals surface area contributed by atoms with E-state index >= 15 is 0 Å². The SMILES string of the molecule is CC(C)N1CCC(CC(=O)N2CCN(c3cc(=O)[nH]c(N)n3)CC2)CC1. The maximum atomic E-state index is 12.6. The number of aromatic amines is 1. The monoisotopic (exact) mass is 362 g/mol. The highest BCUT2D eigenvalue weighted by molar-refractivity contribution is 5.76. The molecule has 3 N–H and O–H groups in total. The van der Waals surface area contributed by atoms with Crippen molar-refractivity contribution in [2.75, 3.05) is 49.9 Å². The van der Waals surface area contributed by atoms with Gasteiger partial charge in [-0.1, -0.05) is 0 Å². The number of nitrogens with zero attached hydrogens (tertiary/aromatic N) is 4. The van der Waals surface area contributed by atoms with Crippen LogP contribution in [0.5, 0.6) is 0 Å². The van der Waals surface area contributed by atoms with E-state index in [1.807, 2.05) is 9.80 Å². The number of piperazine rings is 1. The molecule has 0 bridgehead atoms. The van der Waals surface area contributed by atoms with Gasteiger partial charge in [0.15, 0.2) is 0 Å². The number of anilines is 2. The van der Waals surface area contributed by atoms with Gasteiger partial charge in [0.25, 0.3) is 5.56 Å². The molecule has 2 aliphatic rings. The molecule has 2 saturated heterocycles. The number of nitrogens with two attached hydrogens (primary N) is 1. The van der Waals surface area contributed by atoms with E-state index in [0.29, 0.717) is 50.4 Å². The third-order valence-electron chi connectivity index (χ3n) is 5.55. The summed E-state index contributed by atoms with van der Waals surface area (Å²) in [6, 6.07) is 2.05. The molecule has 1 aromatic heterocycles. The van der Waals surface area contributed by atoms with Crippen LogP contribution in [0.3, 0.4) is 0 Å². The molecule has 3 rings (SSSR count). The highest BCUT2D eigenvalue weighted by Gasteiger charge is 2.27. The Balaban J connectivity index is 1.47.